The van der Waals surface area contributed by atoms with E-state index in [1.54, 1.807) is 0 Å². The number of halogens is 1. The van der Waals surface area contributed by atoms with Gasteiger partial charge in [0.25, 0.3) is 0 Å². The lowest BCUT2D eigenvalue weighted by molar-refractivity contribution is 0.206. The second-order valence-corrected chi connectivity index (χ2v) is 5.94. The maximum Gasteiger partial charge on any atom is 0.0205 e. The molecule has 1 aromatic rings. The topological polar surface area (TPSA) is 15.3 Å². The molecule has 1 aliphatic rings. The van der Waals surface area contributed by atoms with Crippen molar-refractivity contribution < 1.29 is 0 Å². The van der Waals surface area contributed by atoms with Crippen LogP contribution in [-0.4, -0.2) is 31.6 Å². The molecule has 0 saturated carbocycles. The zero-order valence-electron chi connectivity index (χ0n) is 10.5. The molecule has 2 rings (SSSR count). The summed E-state index contributed by atoms with van der Waals surface area (Å²) in [5, 5.41) is 3.57. The van der Waals surface area contributed by atoms with Crippen molar-refractivity contribution in [1.82, 2.24) is 10.2 Å². The molecule has 0 amide bonds. The molecule has 94 valence electrons. The lowest BCUT2D eigenvalue weighted by atomic mass is 9.98. The van der Waals surface area contributed by atoms with Crippen LogP contribution in [-0.2, 0) is 6.54 Å². The molecule has 2 nitrogen and oxygen atoms in total. The van der Waals surface area contributed by atoms with Crippen LogP contribution in [0.2, 0.25) is 0 Å². The van der Waals surface area contributed by atoms with Gasteiger partial charge in [0, 0.05) is 17.6 Å². The van der Waals surface area contributed by atoms with Crippen molar-refractivity contribution in [3.05, 3.63) is 34.3 Å². The molecule has 1 aromatic carbocycles. The second-order valence-electron chi connectivity index (χ2n) is 5.03. The summed E-state index contributed by atoms with van der Waals surface area (Å²) in [5.41, 5.74) is 1.36. The first-order valence-corrected chi connectivity index (χ1v) is 7.17. The zero-order valence-corrected chi connectivity index (χ0v) is 12.0. The Labute approximate surface area is 113 Å². The van der Waals surface area contributed by atoms with Crippen molar-refractivity contribution in [2.45, 2.75) is 19.4 Å². The van der Waals surface area contributed by atoms with Crippen LogP contribution in [0.3, 0.4) is 0 Å². The molecule has 0 spiro atoms. The van der Waals surface area contributed by atoms with Crippen molar-refractivity contribution in [2.75, 3.05) is 26.7 Å². The Morgan fingerprint density at radius 1 is 1.35 bits per heavy atom. The van der Waals surface area contributed by atoms with E-state index in [0.717, 1.165) is 23.5 Å². The predicted molar refractivity (Wildman–Crippen MR) is 76.1 cm³/mol. The minimum Gasteiger partial charge on any atom is -0.312 e. The van der Waals surface area contributed by atoms with Gasteiger partial charge < -0.3 is 10.2 Å². The molecule has 0 radical (unpaired) electrons. The largest absolute Gasteiger partial charge is 0.312 e. The molecule has 1 fully saturated rings. The number of nitrogens with one attached hydrogen (secondary N) is 1. The molecule has 1 N–H and O–H groups in total. The molecule has 0 bridgehead atoms. The Balaban J connectivity index is 1.70. The SMILES string of the molecule is CN1CCCC(CNCc2ccc(Br)cc2)C1. The van der Waals surface area contributed by atoms with Gasteiger partial charge in [-0.3, -0.25) is 0 Å². The van der Waals surface area contributed by atoms with Gasteiger partial charge in [0.1, 0.15) is 0 Å². The summed E-state index contributed by atoms with van der Waals surface area (Å²) in [4.78, 5) is 2.44. The fourth-order valence-electron chi connectivity index (χ4n) is 2.46. The predicted octanol–water partition coefficient (Wildman–Crippen LogP) is 2.88. The molecule has 0 aromatic heterocycles. The molecule has 3 heteroatoms. The van der Waals surface area contributed by atoms with Crippen LogP contribution in [0.25, 0.3) is 0 Å². The summed E-state index contributed by atoms with van der Waals surface area (Å²) in [6.07, 6.45) is 2.72. The highest BCUT2D eigenvalue weighted by Crippen LogP contribution is 2.14. The lowest BCUT2D eigenvalue weighted by Crippen LogP contribution is -2.37. The van der Waals surface area contributed by atoms with Crippen LogP contribution < -0.4 is 5.32 Å². The number of piperidine rings is 1. The molecular weight excluding hydrogens is 276 g/mol. The molecular formula is C14H21BrN2. The monoisotopic (exact) mass is 296 g/mol. The fourth-order valence-corrected chi connectivity index (χ4v) is 2.73. The smallest absolute Gasteiger partial charge is 0.0205 e. The average molecular weight is 297 g/mol. The van der Waals surface area contributed by atoms with E-state index in [4.69, 9.17) is 0 Å². The Morgan fingerprint density at radius 3 is 2.82 bits per heavy atom. The van der Waals surface area contributed by atoms with Gasteiger partial charge in [0.05, 0.1) is 0 Å². The van der Waals surface area contributed by atoms with Gasteiger partial charge in [-0.1, -0.05) is 28.1 Å². The van der Waals surface area contributed by atoms with E-state index in [0.29, 0.717) is 0 Å². The van der Waals surface area contributed by atoms with Gasteiger partial charge in [-0.2, -0.15) is 0 Å². The van der Waals surface area contributed by atoms with Gasteiger partial charge >= 0.3 is 0 Å². The van der Waals surface area contributed by atoms with Crippen LogP contribution in [0.5, 0.6) is 0 Å². The average Bonchev–Trinajstić information content (AvgIpc) is 2.32. The highest BCUT2D eigenvalue weighted by molar-refractivity contribution is 9.10. The first kappa shape index (κ1) is 13.1. The second kappa shape index (κ2) is 6.53. The van der Waals surface area contributed by atoms with Crippen molar-refractivity contribution in [3.63, 3.8) is 0 Å². The number of hydrogen-bond donors (Lipinski definition) is 1. The van der Waals surface area contributed by atoms with Gasteiger partial charge in [-0.15, -0.1) is 0 Å². The van der Waals surface area contributed by atoms with Crippen molar-refractivity contribution in [3.8, 4) is 0 Å². The van der Waals surface area contributed by atoms with E-state index in [-0.39, 0.29) is 0 Å². The Bertz CT molecular complexity index is 337. The van der Waals surface area contributed by atoms with Gasteiger partial charge in [0.2, 0.25) is 0 Å². The standard InChI is InChI=1S/C14H21BrN2/c1-17-8-2-3-13(11-17)10-16-9-12-4-6-14(15)7-5-12/h4-7,13,16H,2-3,8-11H2,1H3. The third-order valence-corrected chi connectivity index (χ3v) is 3.93. The van der Waals surface area contributed by atoms with Crippen molar-refractivity contribution in [1.29, 1.82) is 0 Å². The quantitative estimate of drug-likeness (QED) is 0.919. The molecule has 1 heterocycles. The van der Waals surface area contributed by atoms with Gasteiger partial charge in [-0.05, 0) is 56.6 Å². The molecule has 0 aliphatic carbocycles. The molecule has 1 aliphatic heterocycles. The Kier molecular flexibility index (Phi) is 5.01. The number of benzene rings is 1. The molecule has 17 heavy (non-hydrogen) atoms. The van der Waals surface area contributed by atoms with E-state index < -0.39 is 0 Å². The normalized spacial score (nSPS) is 21.6. The minimum atomic E-state index is 0.823. The summed E-state index contributed by atoms with van der Waals surface area (Å²) < 4.78 is 1.15. The van der Waals surface area contributed by atoms with Crippen LogP contribution >= 0.6 is 15.9 Å². The van der Waals surface area contributed by atoms with Gasteiger partial charge in [-0.25, -0.2) is 0 Å². The van der Waals surface area contributed by atoms with Crippen LogP contribution in [0, 0.1) is 5.92 Å². The fraction of sp³-hybridized carbons (Fsp3) is 0.571. The molecule has 1 saturated heterocycles. The summed E-state index contributed by atoms with van der Waals surface area (Å²) in [7, 11) is 2.22. The van der Waals surface area contributed by atoms with Crippen LogP contribution in [0.4, 0.5) is 0 Å². The van der Waals surface area contributed by atoms with E-state index in [2.05, 4.69) is 57.5 Å². The summed E-state index contributed by atoms with van der Waals surface area (Å²) in [5.74, 6) is 0.823. The van der Waals surface area contributed by atoms with E-state index >= 15 is 0 Å². The highest BCUT2D eigenvalue weighted by Gasteiger charge is 2.16. The number of nitrogens with zero attached hydrogens (tertiary/aromatic N) is 1. The van der Waals surface area contributed by atoms with Crippen LogP contribution in [0.1, 0.15) is 18.4 Å². The van der Waals surface area contributed by atoms with E-state index in [9.17, 15) is 0 Å². The maximum absolute atomic E-state index is 3.57. The molecule has 1 unspecified atom stereocenters. The lowest BCUT2D eigenvalue weighted by Gasteiger charge is -2.29. The zero-order chi connectivity index (χ0) is 12.1. The van der Waals surface area contributed by atoms with Gasteiger partial charge in [0.15, 0.2) is 0 Å². The minimum absolute atomic E-state index is 0.823. The summed E-state index contributed by atoms with van der Waals surface area (Å²) >= 11 is 3.46. The first-order valence-electron chi connectivity index (χ1n) is 6.38. The Hall–Kier alpha value is -0.380. The maximum atomic E-state index is 3.57. The molecule has 1 atom stereocenters. The highest BCUT2D eigenvalue weighted by atomic mass is 79.9. The number of likely N-dealkylation sites (tertiary alicyclic amines) is 1. The van der Waals surface area contributed by atoms with E-state index in [1.165, 1.54) is 31.5 Å². The first-order chi connectivity index (χ1) is 8.24. The van der Waals surface area contributed by atoms with Crippen LogP contribution in [0.15, 0.2) is 28.7 Å². The third kappa shape index (κ3) is 4.41. The number of rotatable bonds is 4. The Morgan fingerprint density at radius 2 is 2.12 bits per heavy atom. The summed E-state index contributed by atoms with van der Waals surface area (Å²) in [6.45, 7) is 4.63. The van der Waals surface area contributed by atoms with E-state index in [1.807, 2.05) is 0 Å². The number of hydrogen-bond acceptors (Lipinski definition) is 2. The van der Waals surface area contributed by atoms with Crippen molar-refractivity contribution in [2.24, 2.45) is 5.92 Å². The van der Waals surface area contributed by atoms with Crippen molar-refractivity contribution >= 4 is 15.9 Å². The summed E-state index contributed by atoms with van der Waals surface area (Å²) in [6, 6.07) is 8.55. The third-order valence-electron chi connectivity index (χ3n) is 3.40.